The van der Waals surface area contributed by atoms with E-state index in [0.29, 0.717) is 10.7 Å². The minimum atomic E-state index is -0.118. The first-order chi connectivity index (χ1) is 7.16. The maximum absolute atomic E-state index is 10.9. The summed E-state index contributed by atoms with van der Waals surface area (Å²) in [7, 11) is 0. The number of nitrogens with one attached hydrogen (secondary N) is 1. The largest absolute Gasteiger partial charge is 0.325 e. The van der Waals surface area contributed by atoms with Crippen LogP contribution in [0.3, 0.4) is 0 Å². The Bertz CT molecular complexity index is 522. The Morgan fingerprint density at radius 2 is 1.80 bits per heavy atom. The zero-order valence-electron chi connectivity index (χ0n) is 8.25. The van der Waals surface area contributed by atoms with Crippen molar-refractivity contribution >= 4 is 34.0 Å². The van der Waals surface area contributed by atoms with Crippen molar-refractivity contribution in [3.05, 3.63) is 41.4 Å². The molecule has 0 heterocycles. The molecule has 76 valence electrons. The second-order valence-corrected chi connectivity index (χ2v) is 3.77. The molecule has 2 nitrogen and oxygen atoms in total. The average Bonchev–Trinajstić information content (AvgIpc) is 2.18. The molecular formula is C12H10ClNO. The molecule has 2 aromatic rings. The smallest absolute Gasteiger partial charge is 0.221 e. The van der Waals surface area contributed by atoms with E-state index in [-0.39, 0.29) is 5.91 Å². The van der Waals surface area contributed by atoms with Gasteiger partial charge >= 0.3 is 0 Å². The normalized spacial score (nSPS) is 10.3. The Kier molecular flexibility index (Phi) is 2.60. The van der Waals surface area contributed by atoms with E-state index in [9.17, 15) is 4.79 Å². The van der Waals surface area contributed by atoms with Crippen LogP contribution in [0.25, 0.3) is 10.8 Å². The van der Waals surface area contributed by atoms with Gasteiger partial charge in [-0.05, 0) is 22.9 Å². The van der Waals surface area contributed by atoms with Crippen LogP contribution in [0.1, 0.15) is 6.92 Å². The van der Waals surface area contributed by atoms with Gasteiger partial charge in [-0.1, -0.05) is 35.9 Å². The van der Waals surface area contributed by atoms with E-state index in [0.717, 1.165) is 10.8 Å². The van der Waals surface area contributed by atoms with Crippen molar-refractivity contribution in [3.63, 3.8) is 0 Å². The lowest BCUT2D eigenvalue weighted by atomic mass is 10.1. The number of amides is 1. The fourth-order valence-electron chi connectivity index (χ4n) is 1.50. The van der Waals surface area contributed by atoms with E-state index in [1.807, 2.05) is 36.4 Å². The molecule has 1 amide bonds. The standard InChI is InChI=1S/C12H10ClNO/c1-8(15)14-12-7-10-5-3-2-4-9(10)6-11(12)13/h2-7H,1H3,(H,14,15). The Labute approximate surface area is 92.9 Å². The number of hydrogen-bond acceptors (Lipinski definition) is 1. The predicted octanol–water partition coefficient (Wildman–Crippen LogP) is 3.45. The second kappa shape index (κ2) is 3.91. The molecule has 3 heteroatoms. The summed E-state index contributed by atoms with van der Waals surface area (Å²) < 4.78 is 0. The number of halogens is 1. The number of fused-ring (bicyclic) bond motifs is 1. The molecular weight excluding hydrogens is 210 g/mol. The highest BCUT2D eigenvalue weighted by Crippen LogP contribution is 2.27. The van der Waals surface area contributed by atoms with Gasteiger partial charge in [0.2, 0.25) is 5.91 Å². The van der Waals surface area contributed by atoms with Crippen molar-refractivity contribution in [1.82, 2.24) is 0 Å². The van der Waals surface area contributed by atoms with Crippen LogP contribution in [-0.2, 0) is 4.79 Å². The molecule has 0 aliphatic rings. The molecule has 0 bridgehead atoms. The molecule has 0 atom stereocenters. The number of carbonyl (C=O) groups is 1. The van der Waals surface area contributed by atoms with Gasteiger partial charge < -0.3 is 5.32 Å². The first-order valence-corrected chi connectivity index (χ1v) is 5.00. The zero-order valence-corrected chi connectivity index (χ0v) is 9.01. The Balaban J connectivity index is 2.56. The van der Waals surface area contributed by atoms with Crippen LogP contribution in [0, 0.1) is 0 Å². The van der Waals surface area contributed by atoms with Crippen molar-refractivity contribution < 1.29 is 4.79 Å². The van der Waals surface area contributed by atoms with E-state index in [4.69, 9.17) is 11.6 Å². The Morgan fingerprint density at radius 3 is 2.40 bits per heavy atom. The molecule has 0 saturated carbocycles. The van der Waals surface area contributed by atoms with Crippen molar-refractivity contribution in [3.8, 4) is 0 Å². The van der Waals surface area contributed by atoms with Gasteiger partial charge in [0.15, 0.2) is 0 Å². The summed E-state index contributed by atoms with van der Waals surface area (Å²) in [5, 5.41) is 5.38. The van der Waals surface area contributed by atoms with E-state index in [2.05, 4.69) is 5.32 Å². The third-order valence-electron chi connectivity index (χ3n) is 2.15. The van der Waals surface area contributed by atoms with Gasteiger partial charge in [0.1, 0.15) is 0 Å². The summed E-state index contributed by atoms with van der Waals surface area (Å²) in [6, 6.07) is 11.6. The van der Waals surface area contributed by atoms with Gasteiger partial charge in [-0.25, -0.2) is 0 Å². The van der Waals surface area contributed by atoms with E-state index < -0.39 is 0 Å². The Hall–Kier alpha value is -1.54. The molecule has 0 aliphatic heterocycles. The number of benzene rings is 2. The summed E-state index contributed by atoms with van der Waals surface area (Å²) in [5.41, 5.74) is 0.655. The van der Waals surface area contributed by atoms with Gasteiger partial charge in [-0.15, -0.1) is 0 Å². The van der Waals surface area contributed by atoms with Crippen molar-refractivity contribution in [2.75, 3.05) is 5.32 Å². The SMILES string of the molecule is CC(=O)Nc1cc2ccccc2cc1Cl. The first-order valence-electron chi connectivity index (χ1n) is 4.63. The minimum Gasteiger partial charge on any atom is -0.325 e. The molecule has 0 unspecified atom stereocenters. The van der Waals surface area contributed by atoms with Crippen LogP contribution in [0.15, 0.2) is 36.4 Å². The van der Waals surface area contributed by atoms with Crippen LogP contribution in [-0.4, -0.2) is 5.91 Å². The Morgan fingerprint density at radius 1 is 1.20 bits per heavy atom. The fraction of sp³-hybridized carbons (Fsp3) is 0.0833. The predicted molar refractivity (Wildman–Crippen MR) is 63.3 cm³/mol. The highest BCUT2D eigenvalue weighted by atomic mass is 35.5. The molecule has 2 rings (SSSR count). The lowest BCUT2D eigenvalue weighted by Gasteiger charge is -2.06. The van der Waals surface area contributed by atoms with Crippen molar-refractivity contribution in [2.45, 2.75) is 6.92 Å². The van der Waals surface area contributed by atoms with Crippen molar-refractivity contribution in [2.24, 2.45) is 0 Å². The summed E-state index contributed by atoms with van der Waals surface area (Å²) >= 11 is 6.03. The summed E-state index contributed by atoms with van der Waals surface area (Å²) in [4.78, 5) is 10.9. The van der Waals surface area contributed by atoms with Crippen LogP contribution in [0.4, 0.5) is 5.69 Å². The quantitative estimate of drug-likeness (QED) is 0.782. The highest BCUT2D eigenvalue weighted by molar-refractivity contribution is 6.34. The zero-order chi connectivity index (χ0) is 10.8. The lowest BCUT2D eigenvalue weighted by molar-refractivity contribution is -0.114. The first kappa shape index (κ1) is 9.99. The molecule has 0 fully saturated rings. The van der Waals surface area contributed by atoms with E-state index in [1.165, 1.54) is 6.92 Å². The average molecular weight is 220 g/mol. The van der Waals surface area contributed by atoms with E-state index in [1.54, 1.807) is 0 Å². The number of hydrogen-bond donors (Lipinski definition) is 1. The summed E-state index contributed by atoms with van der Waals surface area (Å²) in [6.07, 6.45) is 0. The summed E-state index contributed by atoms with van der Waals surface area (Å²) in [5.74, 6) is -0.118. The molecule has 0 aromatic heterocycles. The third kappa shape index (κ3) is 2.10. The lowest BCUT2D eigenvalue weighted by Crippen LogP contribution is -2.06. The molecule has 0 saturated heterocycles. The minimum absolute atomic E-state index is 0.118. The maximum atomic E-state index is 10.9. The van der Waals surface area contributed by atoms with Crippen LogP contribution < -0.4 is 5.32 Å². The van der Waals surface area contributed by atoms with Gasteiger partial charge in [0, 0.05) is 6.92 Å². The van der Waals surface area contributed by atoms with Crippen molar-refractivity contribution in [1.29, 1.82) is 0 Å². The molecule has 1 N–H and O–H groups in total. The summed E-state index contributed by atoms with van der Waals surface area (Å²) in [6.45, 7) is 1.46. The molecule has 15 heavy (non-hydrogen) atoms. The monoisotopic (exact) mass is 219 g/mol. The topological polar surface area (TPSA) is 29.1 Å². The second-order valence-electron chi connectivity index (χ2n) is 3.36. The van der Waals surface area contributed by atoms with Crippen LogP contribution >= 0.6 is 11.6 Å². The van der Waals surface area contributed by atoms with Gasteiger partial charge in [0.05, 0.1) is 10.7 Å². The number of carbonyl (C=O) groups excluding carboxylic acids is 1. The maximum Gasteiger partial charge on any atom is 0.221 e. The fourth-order valence-corrected chi connectivity index (χ4v) is 1.72. The van der Waals surface area contributed by atoms with E-state index >= 15 is 0 Å². The number of anilines is 1. The molecule has 2 aromatic carbocycles. The van der Waals surface area contributed by atoms with Gasteiger partial charge in [0.25, 0.3) is 0 Å². The molecule has 0 aliphatic carbocycles. The van der Waals surface area contributed by atoms with Crippen LogP contribution in [0.2, 0.25) is 5.02 Å². The molecule has 0 spiro atoms. The number of rotatable bonds is 1. The third-order valence-corrected chi connectivity index (χ3v) is 2.46. The van der Waals surface area contributed by atoms with Crippen LogP contribution in [0.5, 0.6) is 0 Å². The highest BCUT2D eigenvalue weighted by Gasteiger charge is 2.03. The molecule has 0 radical (unpaired) electrons. The van der Waals surface area contributed by atoms with Gasteiger partial charge in [-0.3, -0.25) is 4.79 Å². The van der Waals surface area contributed by atoms with Gasteiger partial charge in [-0.2, -0.15) is 0 Å².